The summed E-state index contributed by atoms with van der Waals surface area (Å²) in [5.41, 5.74) is 1.14. The molecule has 3 rings (SSSR count). The summed E-state index contributed by atoms with van der Waals surface area (Å²) >= 11 is 1.71. The first-order valence-electron chi connectivity index (χ1n) is 7.69. The van der Waals surface area contributed by atoms with Crippen LogP contribution >= 0.6 is 11.3 Å². The predicted molar refractivity (Wildman–Crippen MR) is 89.4 cm³/mol. The van der Waals surface area contributed by atoms with E-state index in [0.29, 0.717) is 12.5 Å². The first-order chi connectivity index (χ1) is 10.9. The highest BCUT2D eigenvalue weighted by molar-refractivity contribution is 7.10. The summed E-state index contributed by atoms with van der Waals surface area (Å²) < 4.78 is 5.56. The summed E-state index contributed by atoms with van der Waals surface area (Å²) in [7, 11) is 1.74. The smallest absolute Gasteiger partial charge is 0.129 e. The second kappa shape index (κ2) is 7.67. The molecule has 0 saturated carbocycles. The number of piperidine rings is 1. The highest BCUT2D eigenvalue weighted by Gasteiger charge is 2.17. The molecule has 0 radical (unpaired) electrons. The molecular weight excluding hydrogens is 296 g/mol. The van der Waals surface area contributed by atoms with Gasteiger partial charge in [0.05, 0.1) is 0 Å². The van der Waals surface area contributed by atoms with Gasteiger partial charge in [0.2, 0.25) is 0 Å². The Labute approximate surface area is 135 Å². The van der Waals surface area contributed by atoms with Crippen molar-refractivity contribution in [2.24, 2.45) is 0 Å². The van der Waals surface area contributed by atoms with Crippen molar-refractivity contribution in [3.05, 3.63) is 40.5 Å². The average Bonchev–Trinajstić information content (AvgIpc) is 3.11. The van der Waals surface area contributed by atoms with Crippen molar-refractivity contribution in [3.63, 3.8) is 0 Å². The standard InChI is InChI=1S/C16H22N4OS/c1-21-14(15-3-2-8-22-15)10-18-16-9-13(19-11-20-16)12-4-6-17-7-5-12/h2-3,8-9,11-12,14,17H,4-7,10H2,1H3,(H,18,19,20). The lowest BCUT2D eigenvalue weighted by molar-refractivity contribution is 0.117. The van der Waals surface area contributed by atoms with Crippen LogP contribution < -0.4 is 10.6 Å². The molecule has 1 saturated heterocycles. The zero-order valence-electron chi connectivity index (χ0n) is 12.8. The van der Waals surface area contributed by atoms with Gasteiger partial charge in [-0.1, -0.05) is 6.07 Å². The Balaban J connectivity index is 1.62. The van der Waals surface area contributed by atoms with Gasteiger partial charge in [-0.3, -0.25) is 0 Å². The molecule has 1 unspecified atom stereocenters. The van der Waals surface area contributed by atoms with Gasteiger partial charge in [0, 0.05) is 36.2 Å². The number of methoxy groups -OCH3 is 1. The number of aromatic nitrogens is 2. The summed E-state index contributed by atoms with van der Waals surface area (Å²) in [6.07, 6.45) is 4.00. The van der Waals surface area contributed by atoms with Crippen molar-refractivity contribution in [3.8, 4) is 0 Å². The van der Waals surface area contributed by atoms with Crippen molar-refractivity contribution in [1.29, 1.82) is 0 Å². The molecule has 0 aliphatic carbocycles. The van der Waals surface area contributed by atoms with E-state index >= 15 is 0 Å². The molecule has 118 valence electrons. The number of hydrogen-bond donors (Lipinski definition) is 2. The molecule has 2 aromatic heterocycles. The van der Waals surface area contributed by atoms with Crippen molar-refractivity contribution < 1.29 is 4.74 Å². The fraction of sp³-hybridized carbons (Fsp3) is 0.500. The van der Waals surface area contributed by atoms with Crippen LogP contribution in [0.2, 0.25) is 0 Å². The summed E-state index contributed by atoms with van der Waals surface area (Å²) in [4.78, 5) is 10.0. The third-order valence-corrected chi connectivity index (χ3v) is 5.02. The molecular formula is C16H22N4OS. The number of rotatable bonds is 6. The van der Waals surface area contributed by atoms with Crippen LogP contribution in [0.1, 0.15) is 35.4 Å². The average molecular weight is 318 g/mol. The molecule has 1 aliphatic rings. The first kappa shape index (κ1) is 15.4. The quantitative estimate of drug-likeness (QED) is 0.858. The third-order valence-electron chi connectivity index (χ3n) is 4.06. The minimum Gasteiger partial charge on any atom is -0.374 e. The molecule has 22 heavy (non-hydrogen) atoms. The van der Waals surface area contributed by atoms with Crippen LogP contribution in [-0.2, 0) is 4.74 Å². The summed E-state index contributed by atoms with van der Waals surface area (Å²) in [5, 5.41) is 8.84. The monoisotopic (exact) mass is 318 g/mol. The predicted octanol–water partition coefficient (Wildman–Crippen LogP) is 2.80. The lowest BCUT2D eigenvalue weighted by Crippen LogP contribution is -2.27. The number of nitrogens with zero attached hydrogens (tertiary/aromatic N) is 2. The van der Waals surface area contributed by atoms with Crippen LogP contribution in [0.25, 0.3) is 0 Å². The van der Waals surface area contributed by atoms with Crippen LogP contribution in [0, 0.1) is 0 Å². The molecule has 1 fully saturated rings. The number of nitrogens with one attached hydrogen (secondary N) is 2. The Morgan fingerprint density at radius 1 is 1.41 bits per heavy atom. The van der Waals surface area contributed by atoms with Gasteiger partial charge in [-0.25, -0.2) is 9.97 Å². The normalized spacial score (nSPS) is 17.3. The van der Waals surface area contributed by atoms with Crippen LogP contribution in [0.15, 0.2) is 29.9 Å². The molecule has 3 heterocycles. The summed E-state index contributed by atoms with van der Waals surface area (Å²) in [5.74, 6) is 1.42. The first-order valence-corrected chi connectivity index (χ1v) is 8.57. The molecule has 0 bridgehead atoms. The van der Waals surface area contributed by atoms with Gasteiger partial charge < -0.3 is 15.4 Å². The van der Waals surface area contributed by atoms with Crippen LogP contribution in [0.5, 0.6) is 0 Å². The van der Waals surface area contributed by atoms with E-state index in [9.17, 15) is 0 Å². The Bertz CT molecular complexity index is 569. The maximum Gasteiger partial charge on any atom is 0.129 e. The Morgan fingerprint density at radius 3 is 3.00 bits per heavy atom. The van der Waals surface area contributed by atoms with Gasteiger partial charge in [0.1, 0.15) is 18.2 Å². The second-order valence-corrected chi connectivity index (χ2v) is 6.45. The largest absolute Gasteiger partial charge is 0.374 e. The number of thiophene rings is 1. The van der Waals surface area contributed by atoms with E-state index in [1.807, 2.05) is 6.07 Å². The lowest BCUT2D eigenvalue weighted by Gasteiger charge is -2.22. The number of hydrogen-bond acceptors (Lipinski definition) is 6. The molecule has 5 nitrogen and oxygen atoms in total. The minimum atomic E-state index is 0.0531. The molecule has 0 spiro atoms. The molecule has 6 heteroatoms. The molecule has 2 aromatic rings. The fourth-order valence-corrected chi connectivity index (χ4v) is 3.58. The van der Waals surface area contributed by atoms with E-state index in [1.54, 1.807) is 24.8 Å². The van der Waals surface area contributed by atoms with Gasteiger partial charge in [-0.15, -0.1) is 11.3 Å². The van der Waals surface area contributed by atoms with Crippen molar-refractivity contribution in [2.45, 2.75) is 24.9 Å². The second-order valence-electron chi connectivity index (χ2n) is 5.47. The zero-order valence-corrected chi connectivity index (χ0v) is 13.6. The lowest BCUT2D eigenvalue weighted by atomic mass is 9.94. The SMILES string of the molecule is COC(CNc1cc(C2CCNCC2)ncn1)c1cccs1. The van der Waals surface area contributed by atoms with Gasteiger partial charge >= 0.3 is 0 Å². The molecule has 2 N–H and O–H groups in total. The topological polar surface area (TPSA) is 59.1 Å². The van der Waals surface area contributed by atoms with Gasteiger partial charge in [0.25, 0.3) is 0 Å². The Hall–Kier alpha value is -1.50. The van der Waals surface area contributed by atoms with Crippen molar-refractivity contribution in [1.82, 2.24) is 15.3 Å². The Morgan fingerprint density at radius 2 is 2.27 bits per heavy atom. The summed E-state index contributed by atoms with van der Waals surface area (Å²) in [6, 6.07) is 6.23. The van der Waals surface area contributed by atoms with E-state index in [4.69, 9.17) is 4.74 Å². The van der Waals surface area contributed by atoms with E-state index in [1.165, 1.54) is 4.88 Å². The Kier molecular flexibility index (Phi) is 5.37. The van der Waals surface area contributed by atoms with E-state index in [0.717, 1.165) is 37.4 Å². The number of ether oxygens (including phenoxy) is 1. The van der Waals surface area contributed by atoms with E-state index in [-0.39, 0.29) is 6.10 Å². The molecule has 1 atom stereocenters. The minimum absolute atomic E-state index is 0.0531. The van der Waals surface area contributed by atoms with E-state index in [2.05, 4.69) is 38.1 Å². The maximum atomic E-state index is 5.56. The maximum absolute atomic E-state index is 5.56. The zero-order chi connectivity index (χ0) is 15.2. The summed E-state index contributed by atoms with van der Waals surface area (Å²) in [6.45, 7) is 2.85. The van der Waals surface area contributed by atoms with Gasteiger partial charge in [-0.2, -0.15) is 0 Å². The molecule has 1 aliphatic heterocycles. The van der Waals surface area contributed by atoms with Crippen LogP contribution in [-0.4, -0.2) is 36.7 Å². The third kappa shape index (κ3) is 3.82. The number of anilines is 1. The molecule has 0 amide bonds. The van der Waals surface area contributed by atoms with E-state index < -0.39 is 0 Å². The molecule has 0 aromatic carbocycles. The highest BCUT2D eigenvalue weighted by atomic mass is 32.1. The van der Waals surface area contributed by atoms with Gasteiger partial charge in [0.15, 0.2) is 0 Å². The van der Waals surface area contributed by atoms with Crippen molar-refractivity contribution in [2.75, 3.05) is 32.1 Å². The van der Waals surface area contributed by atoms with Crippen molar-refractivity contribution >= 4 is 17.2 Å². The van der Waals surface area contributed by atoms with Gasteiger partial charge in [-0.05, 0) is 37.4 Å². The van der Waals surface area contributed by atoms with Crippen LogP contribution in [0.3, 0.4) is 0 Å². The highest BCUT2D eigenvalue weighted by Crippen LogP contribution is 2.25. The fourth-order valence-electron chi connectivity index (χ4n) is 2.78. The van der Waals surface area contributed by atoms with Crippen LogP contribution in [0.4, 0.5) is 5.82 Å².